The van der Waals surface area contributed by atoms with Gasteiger partial charge in [0.15, 0.2) is 11.5 Å². The van der Waals surface area contributed by atoms with Gasteiger partial charge in [0.2, 0.25) is 0 Å². The van der Waals surface area contributed by atoms with E-state index in [1.54, 1.807) is 0 Å². The van der Waals surface area contributed by atoms with E-state index in [4.69, 9.17) is 15.2 Å². The van der Waals surface area contributed by atoms with Gasteiger partial charge in [0.25, 0.3) is 21.8 Å². The fourth-order valence-electron chi connectivity index (χ4n) is 3.12. The van der Waals surface area contributed by atoms with Crippen LogP contribution in [-0.2, 0) is 10.0 Å². The minimum atomic E-state index is -3.98. The van der Waals surface area contributed by atoms with E-state index >= 15 is 0 Å². The van der Waals surface area contributed by atoms with Crippen LogP contribution in [0.5, 0.6) is 11.5 Å². The Hall–Kier alpha value is -4.12. The van der Waals surface area contributed by atoms with Crippen molar-refractivity contribution < 1.29 is 31.9 Å². The third kappa shape index (κ3) is 4.88. The van der Waals surface area contributed by atoms with E-state index in [1.165, 1.54) is 48.5 Å². The highest BCUT2D eigenvalue weighted by Gasteiger charge is 2.20. The molecule has 1 aliphatic rings. The van der Waals surface area contributed by atoms with Gasteiger partial charge in [-0.1, -0.05) is 6.07 Å². The molecule has 11 heteroatoms. The lowest BCUT2D eigenvalue weighted by molar-refractivity contribution is 0.0992. The molecule has 2 amide bonds. The first-order valence-corrected chi connectivity index (χ1v) is 11.1. The molecule has 9 nitrogen and oxygen atoms in total. The van der Waals surface area contributed by atoms with Crippen LogP contribution in [0.3, 0.4) is 0 Å². The van der Waals surface area contributed by atoms with E-state index < -0.39 is 27.7 Å². The third-order valence-electron chi connectivity index (χ3n) is 4.69. The zero-order valence-corrected chi connectivity index (χ0v) is 17.8. The second-order valence-corrected chi connectivity index (χ2v) is 8.69. The fourth-order valence-corrected chi connectivity index (χ4v) is 4.19. The topological polar surface area (TPSA) is 137 Å². The molecule has 1 aliphatic heterocycles. The molecule has 3 aromatic rings. The summed E-state index contributed by atoms with van der Waals surface area (Å²) in [5, 5.41) is 2.52. The molecule has 0 saturated carbocycles. The average Bonchev–Trinajstić information content (AvgIpc) is 2.79. The van der Waals surface area contributed by atoms with Gasteiger partial charge < -0.3 is 20.5 Å². The van der Waals surface area contributed by atoms with Gasteiger partial charge in [-0.25, -0.2) is 12.8 Å². The van der Waals surface area contributed by atoms with Gasteiger partial charge in [0.05, 0.1) is 10.5 Å². The Bertz CT molecular complexity index is 1360. The predicted octanol–water partition coefficient (Wildman–Crippen LogP) is 2.75. The first kappa shape index (κ1) is 22.1. The Kier molecular flexibility index (Phi) is 5.88. The van der Waals surface area contributed by atoms with Crippen LogP contribution >= 0.6 is 0 Å². The van der Waals surface area contributed by atoms with Crippen LogP contribution in [0.2, 0.25) is 0 Å². The molecule has 0 unspecified atom stereocenters. The number of halogens is 1. The maximum absolute atomic E-state index is 13.6. The van der Waals surface area contributed by atoms with E-state index in [0.717, 1.165) is 12.1 Å². The summed E-state index contributed by atoms with van der Waals surface area (Å²) in [4.78, 5) is 23.9. The third-order valence-corrected chi connectivity index (χ3v) is 6.07. The summed E-state index contributed by atoms with van der Waals surface area (Å²) in [6.07, 6.45) is 0. The van der Waals surface area contributed by atoms with Crippen LogP contribution in [0.1, 0.15) is 20.7 Å². The minimum Gasteiger partial charge on any atom is -0.486 e. The van der Waals surface area contributed by atoms with Crippen molar-refractivity contribution in [1.29, 1.82) is 0 Å². The van der Waals surface area contributed by atoms with E-state index in [1.807, 2.05) is 0 Å². The van der Waals surface area contributed by atoms with Crippen LogP contribution in [0.15, 0.2) is 65.6 Å². The van der Waals surface area contributed by atoms with Crippen molar-refractivity contribution in [3.63, 3.8) is 0 Å². The molecule has 0 radical (unpaired) electrons. The Balaban J connectivity index is 1.52. The Morgan fingerprint density at radius 1 is 0.909 bits per heavy atom. The number of nitrogens with one attached hydrogen (secondary N) is 2. The second-order valence-electron chi connectivity index (χ2n) is 7.00. The summed E-state index contributed by atoms with van der Waals surface area (Å²) in [6, 6.07) is 13.4. The lowest BCUT2D eigenvalue weighted by atomic mass is 10.1. The van der Waals surface area contributed by atoms with Crippen molar-refractivity contribution in [2.45, 2.75) is 4.90 Å². The summed E-state index contributed by atoms with van der Waals surface area (Å²) in [6.45, 7) is 0.698. The number of ether oxygens (including phenoxy) is 2. The van der Waals surface area contributed by atoms with Crippen molar-refractivity contribution in [2.75, 3.05) is 23.3 Å². The fraction of sp³-hybridized carbons (Fsp3) is 0.0909. The predicted molar refractivity (Wildman–Crippen MR) is 118 cm³/mol. The molecule has 0 bridgehead atoms. The quantitative estimate of drug-likeness (QED) is 0.506. The number of hydrogen-bond acceptors (Lipinski definition) is 6. The highest BCUT2D eigenvalue weighted by Crippen LogP contribution is 2.32. The van der Waals surface area contributed by atoms with Gasteiger partial charge in [0.1, 0.15) is 19.0 Å². The zero-order chi connectivity index (χ0) is 23.6. The number of anilines is 2. The molecular formula is C22H18FN3O6S. The van der Waals surface area contributed by atoms with Gasteiger partial charge in [-0.3, -0.25) is 14.3 Å². The summed E-state index contributed by atoms with van der Waals surface area (Å²) in [5.41, 5.74) is 5.18. The molecule has 1 heterocycles. The van der Waals surface area contributed by atoms with Crippen LogP contribution in [0.4, 0.5) is 15.8 Å². The van der Waals surface area contributed by atoms with Gasteiger partial charge >= 0.3 is 0 Å². The number of fused-ring (bicyclic) bond motifs is 1. The zero-order valence-electron chi connectivity index (χ0n) is 17.0. The molecule has 0 fully saturated rings. The largest absolute Gasteiger partial charge is 0.486 e. The van der Waals surface area contributed by atoms with Gasteiger partial charge in [0, 0.05) is 23.0 Å². The maximum Gasteiger partial charge on any atom is 0.262 e. The molecule has 170 valence electrons. The summed E-state index contributed by atoms with van der Waals surface area (Å²) >= 11 is 0. The lowest BCUT2D eigenvalue weighted by Crippen LogP contribution is -2.18. The average molecular weight is 471 g/mol. The van der Waals surface area contributed by atoms with E-state index in [0.29, 0.717) is 24.7 Å². The van der Waals surface area contributed by atoms with Gasteiger partial charge in [-0.2, -0.15) is 0 Å². The number of benzene rings is 3. The highest BCUT2D eigenvalue weighted by molar-refractivity contribution is 7.92. The number of sulfonamides is 1. The number of amides is 2. The van der Waals surface area contributed by atoms with E-state index in [2.05, 4.69) is 10.0 Å². The highest BCUT2D eigenvalue weighted by atomic mass is 32.2. The molecule has 0 aromatic heterocycles. The number of nitrogens with two attached hydrogens (primary N) is 1. The van der Waals surface area contributed by atoms with Crippen molar-refractivity contribution in [2.24, 2.45) is 5.73 Å². The Labute approximate surface area is 188 Å². The molecule has 4 rings (SSSR count). The standard InChI is InChI=1S/C22H18FN3O6S/c23-18-6-4-14(11-17(18)21(24)27)25-22(28)13-2-1-3-15(10-13)26-33(29,30)16-5-7-19-20(12-16)32-9-8-31-19/h1-7,10-12,26H,8-9H2,(H2,24,27)(H,25,28). The summed E-state index contributed by atoms with van der Waals surface area (Å²) in [5.74, 6) is -1.60. The SMILES string of the molecule is NC(=O)c1cc(NC(=O)c2cccc(NS(=O)(=O)c3ccc4c(c3)OCCO4)c2)ccc1F. The lowest BCUT2D eigenvalue weighted by Gasteiger charge is -2.19. The van der Waals surface area contributed by atoms with Crippen LogP contribution in [0.25, 0.3) is 0 Å². The molecule has 0 aliphatic carbocycles. The first-order chi connectivity index (χ1) is 15.7. The number of rotatable bonds is 6. The first-order valence-electron chi connectivity index (χ1n) is 9.66. The van der Waals surface area contributed by atoms with Crippen molar-refractivity contribution >= 4 is 33.2 Å². The molecule has 33 heavy (non-hydrogen) atoms. The van der Waals surface area contributed by atoms with Gasteiger partial charge in [-0.05, 0) is 48.5 Å². The Morgan fingerprint density at radius 2 is 1.67 bits per heavy atom. The molecule has 4 N–H and O–H groups in total. The minimum absolute atomic E-state index is 0.0353. The number of primary amides is 1. The number of carbonyl (C=O) groups is 2. The number of carbonyl (C=O) groups excluding carboxylic acids is 2. The van der Waals surface area contributed by atoms with Crippen molar-refractivity contribution in [1.82, 2.24) is 0 Å². The number of hydrogen-bond donors (Lipinski definition) is 3. The molecule has 0 saturated heterocycles. The van der Waals surface area contributed by atoms with Gasteiger partial charge in [-0.15, -0.1) is 0 Å². The van der Waals surface area contributed by atoms with Crippen LogP contribution < -0.4 is 25.2 Å². The molecule has 0 atom stereocenters. The molecule has 3 aromatic carbocycles. The smallest absolute Gasteiger partial charge is 0.262 e. The van der Waals surface area contributed by atoms with E-state index in [9.17, 15) is 22.4 Å². The Morgan fingerprint density at radius 3 is 2.42 bits per heavy atom. The summed E-state index contributed by atoms with van der Waals surface area (Å²) < 4.78 is 52.5. The van der Waals surface area contributed by atoms with Crippen molar-refractivity contribution in [3.8, 4) is 11.5 Å². The van der Waals surface area contributed by atoms with Crippen LogP contribution in [-0.4, -0.2) is 33.4 Å². The molecular weight excluding hydrogens is 453 g/mol. The second kappa shape index (κ2) is 8.79. The maximum atomic E-state index is 13.6. The molecule has 0 spiro atoms. The monoisotopic (exact) mass is 471 g/mol. The van der Waals surface area contributed by atoms with Crippen molar-refractivity contribution in [3.05, 3.63) is 77.6 Å². The normalized spacial score (nSPS) is 12.6. The summed E-state index contributed by atoms with van der Waals surface area (Å²) in [7, 11) is -3.98. The van der Waals surface area contributed by atoms with E-state index in [-0.39, 0.29) is 27.4 Å². The van der Waals surface area contributed by atoms with Crippen LogP contribution in [0, 0.1) is 5.82 Å².